The molecule has 2 aromatic carbocycles. The van der Waals surface area contributed by atoms with Crippen LogP contribution in [0.3, 0.4) is 0 Å². The summed E-state index contributed by atoms with van der Waals surface area (Å²) in [6.07, 6.45) is 4.51. The Morgan fingerprint density at radius 1 is 1.10 bits per heavy atom. The summed E-state index contributed by atoms with van der Waals surface area (Å²) in [7, 11) is 0. The third kappa shape index (κ3) is 3.46. The number of nitrogen functional groups attached to an aromatic ring is 1. The zero-order valence-electron chi connectivity index (χ0n) is 21.4. The van der Waals surface area contributed by atoms with Crippen LogP contribution in [-0.2, 0) is 0 Å². The predicted octanol–water partition coefficient (Wildman–Crippen LogP) is 4.89. The molecule has 8 rings (SSSR count). The molecule has 0 bridgehead atoms. The Bertz CT molecular complexity index is 1640. The molecule has 0 amide bonds. The summed E-state index contributed by atoms with van der Waals surface area (Å²) in [5.41, 5.74) is 7.20. The summed E-state index contributed by atoms with van der Waals surface area (Å²) < 4.78 is 44.0. The molecule has 39 heavy (non-hydrogen) atoms. The molecular formula is C28H28F2N6O2S. The van der Waals surface area contributed by atoms with E-state index in [-0.39, 0.29) is 22.6 Å². The van der Waals surface area contributed by atoms with E-state index in [0.717, 1.165) is 76.3 Å². The first-order valence-corrected chi connectivity index (χ1v) is 14.4. The average Bonchev–Trinajstić information content (AvgIpc) is 3.63. The molecule has 0 radical (unpaired) electrons. The maximum Gasteiger partial charge on any atom is 0.319 e. The first kappa shape index (κ1) is 23.6. The van der Waals surface area contributed by atoms with E-state index in [0.29, 0.717) is 50.0 Å². The molecule has 4 aliphatic rings. The van der Waals surface area contributed by atoms with Crippen LogP contribution in [0.5, 0.6) is 17.5 Å². The van der Waals surface area contributed by atoms with Crippen LogP contribution in [0.25, 0.3) is 32.1 Å². The lowest BCUT2D eigenvalue weighted by Crippen LogP contribution is -2.44. The second kappa shape index (κ2) is 8.61. The van der Waals surface area contributed by atoms with Gasteiger partial charge in [0, 0.05) is 42.5 Å². The number of nitrogens with two attached hydrogens (primary N) is 1. The maximum absolute atomic E-state index is 16.6. The molecule has 2 aromatic heterocycles. The number of piperazine rings is 1. The quantitative estimate of drug-likeness (QED) is 0.327. The van der Waals surface area contributed by atoms with Crippen molar-refractivity contribution < 1.29 is 18.3 Å². The van der Waals surface area contributed by atoms with Gasteiger partial charge in [-0.3, -0.25) is 4.90 Å². The van der Waals surface area contributed by atoms with Gasteiger partial charge >= 0.3 is 6.01 Å². The highest BCUT2D eigenvalue weighted by molar-refractivity contribution is 7.23. The first-order chi connectivity index (χ1) is 19.0. The smallest absolute Gasteiger partial charge is 0.319 e. The fourth-order valence-corrected chi connectivity index (χ4v) is 7.85. The fourth-order valence-electron chi connectivity index (χ4n) is 6.92. The number of nitrogens with zero attached hydrogens (tertiary/aromatic N) is 4. The van der Waals surface area contributed by atoms with Crippen LogP contribution in [0.15, 0.2) is 18.2 Å². The fraction of sp³-hybridized carbons (Fsp3) is 0.429. The largest absolute Gasteiger partial charge is 0.461 e. The van der Waals surface area contributed by atoms with Crippen LogP contribution in [0.4, 0.5) is 19.6 Å². The molecule has 0 spiro atoms. The molecule has 3 saturated heterocycles. The first-order valence-electron chi connectivity index (χ1n) is 13.6. The van der Waals surface area contributed by atoms with E-state index in [1.165, 1.54) is 6.07 Å². The van der Waals surface area contributed by atoms with Gasteiger partial charge in [0.25, 0.3) is 0 Å². The van der Waals surface area contributed by atoms with Crippen molar-refractivity contribution in [1.82, 2.24) is 20.2 Å². The van der Waals surface area contributed by atoms with Gasteiger partial charge < -0.3 is 25.4 Å². The maximum atomic E-state index is 16.6. The predicted molar refractivity (Wildman–Crippen MR) is 148 cm³/mol. The average molecular weight is 551 g/mol. The minimum Gasteiger partial charge on any atom is -0.461 e. The molecule has 0 unspecified atom stereocenters. The van der Waals surface area contributed by atoms with E-state index < -0.39 is 11.6 Å². The van der Waals surface area contributed by atoms with Crippen molar-refractivity contribution >= 4 is 43.1 Å². The van der Waals surface area contributed by atoms with Crippen molar-refractivity contribution in [2.75, 3.05) is 56.5 Å². The molecule has 3 fully saturated rings. The number of aromatic nitrogens is 2. The van der Waals surface area contributed by atoms with E-state index in [1.807, 2.05) is 0 Å². The minimum atomic E-state index is -0.531. The molecule has 4 aliphatic heterocycles. The van der Waals surface area contributed by atoms with E-state index in [9.17, 15) is 4.39 Å². The summed E-state index contributed by atoms with van der Waals surface area (Å²) in [6.45, 7) is 5.72. The Hall–Kier alpha value is -3.28. The monoisotopic (exact) mass is 550 g/mol. The van der Waals surface area contributed by atoms with Gasteiger partial charge in [0.2, 0.25) is 0 Å². The molecule has 0 atom stereocenters. The Balaban J connectivity index is 1.29. The van der Waals surface area contributed by atoms with Crippen LogP contribution in [0.2, 0.25) is 0 Å². The van der Waals surface area contributed by atoms with Gasteiger partial charge in [-0.2, -0.15) is 9.97 Å². The molecular weight excluding hydrogens is 522 g/mol. The molecule has 4 aromatic rings. The molecule has 0 saturated carbocycles. The lowest BCUT2D eigenvalue weighted by Gasteiger charge is -2.32. The summed E-state index contributed by atoms with van der Waals surface area (Å²) in [5.74, 6) is 0.386. The molecule has 6 heterocycles. The number of hydrogen-bond acceptors (Lipinski definition) is 9. The Kier molecular flexibility index (Phi) is 5.21. The molecule has 11 heteroatoms. The Morgan fingerprint density at radius 3 is 2.69 bits per heavy atom. The number of thiophene rings is 1. The van der Waals surface area contributed by atoms with E-state index in [1.54, 1.807) is 12.1 Å². The number of anilines is 2. The van der Waals surface area contributed by atoms with E-state index in [2.05, 4.69) is 20.1 Å². The van der Waals surface area contributed by atoms with Gasteiger partial charge in [-0.1, -0.05) is 6.07 Å². The van der Waals surface area contributed by atoms with Gasteiger partial charge in [-0.05, 0) is 50.9 Å². The number of fused-ring (bicyclic) bond motifs is 4. The third-order valence-corrected chi connectivity index (χ3v) is 9.81. The topological polar surface area (TPSA) is 88.8 Å². The summed E-state index contributed by atoms with van der Waals surface area (Å²) >= 11 is 1.11. The van der Waals surface area contributed by atoms with Crippen LogP contribution in [0, 0.1) is 11.6 Å². The van der Waals surface area contributed by atoms with Crippen LogP contribution >= 0.6 is 11.3 Å². The Labute approximate surface area is 227 Å². The SMILES string of the molecule is Nc1sc2c(F)ccc3c2c1Oc1cc2c(N4CCNCC4)nc(OCC45CCCN4CCC5)nc2c(F)c1-3. The molecule has 8 nitrogen and oxygen atoms in total. The number of rotatable bonds is 4. The van der Waals surface area contributed by atoms with Gasteiger partial charge in [0.05, 0.1) is 15.8 Å². The molecule has 0 aliphatic carbocycles. The van der Waals surface area contributed by atoms with Gasteiger partial charge in [0.1, 0.15) is 34.5 Å². The minimum absolute atomic E-state index is 0.0186. The highest BCUT2D eigenvalue weighted by Crippen LogP contribution is 2.55. The number of hydrogen-bond donors (Lipinski definition) is 2. The van der Waals surface area contributed by atoms with Gasteiger partial charge in [-0.25, -0.2) is 8.78 Å². The second-order valence-electron chi connectivity index (χ2n) is 10.9. The standard InChI is InChI=1S/C28H28F2N6O2S/c29-17-4-3-15-19-18(38-23-20(15)24(17)39-25(23)31)13-16-22(21(19)30)33-27(34-26(16)35-11-7-32-8-12-35)37-14-28-5-1-9-36(28)10-2-6-28/h3-4,13,32H,1-2,5-12,14,31H2. The number of halogens is 2. The van der Waals surface area contributed by atoms with Crippen molar-refractivity contribution in [2.24, 2.45) is 0 Å². The van der Waals surface area contributed by atoms with Crippen molar-refractivity contribution in [3.63, 3.8) is 0 Å². The van der Waals surface area contributed by atoms with Crippen molar-refractivity contribution in [1.29, 1.82) is 0 Å². The molecule has 3 N–H and O–H groups in total. The molecule has 202 valence electrons. The van der Waals surface area contributed by atoms with E-state index in [4.69, 9.17) is 20.2 Å². The van der Waals surface area contributed by atoms with E-state index >= 15 is 4.39 Å². The van der Waals surface area contributed by atoms with Crippen molar-refractivity contribution in [2.45, 2.75) is 31.2 Å². The number of ether oxygens (including phenoxy) is 2. The summed E-state index contributed by atoms with van der Waals surface area (Å²) in [4.78, 5) is 14.1. The normalized spacial score (nSPS) is 19.9. The highest BCUT2D eigenvalue weighted by atomic mass is 32.1. The lowest BCUT2D eigenvalue weighted by molar-refractivity contribution is 0.108. The number of nitrogens with one attached hydrogen (secondary N) is 1. The zero-order valence-corrected chi connectivity index (χ0v) is 22.2. The van der Waals surface area contributed by atoms with Crippen LogP contribution in [-0.4, -0.2) is 66.3 Å². The van der Waals surface area contributed by atoms with Crippen LogP contribution < -0.4 is 25.4 Å². The van der Waals surface area contributed by atoms with Crippen molar-refractivity contribution in [3.05, 3.63) is 29.8 Å². The van der Waals surface area contributed by atoms with Crippen LogP contribution in [0.1, 0.15) is 25.7 Å². The van der Waals surface area contributed by atoms with Gasteiger partial charge in [-0.15, -0.1) is 11.3 Å². The lowest BCUT2D eigenvalue weighted by atomic mass is 9.95. The number of benzene rings is 2. The summed E-state index contributed by atoms with van der Waals surface area (Å²) in [6, 6.07) is 4.92. The second-order valence-corrected chi connectivity index (χ2v) is 12.0. The third-order valence-electron chi connectivity index (χ3n) is 8.81. The van der Waals surface area contributed by atoms with Crippen molar-refractivity contribution in [3.8, 4) is 28.6 Å². The Morgan fingerprint density at radius 2 is 1.90 bits per heavy atom. The van der Waals surface area contributed by atoms with Gasteiger partial charge in [0.15, 0.2) is 11.6 Å². The zero-order chi connectivity index (χ0) is 26.3. The highest BCUT2D eigenvalue weighted by Gasteiger charge is 2.45. The summed E-state index contributed by atoms with van der Waals surface area (Å²) in [5, 5.41) is 4.77.